The van der Waals surface area contributed by atoms with Crippen LogP contribution < -0.4 is 11.3 Å². The highest BCUT2D eigenvalue weighted by atomic mass is 16.6. The molecule has 0 saturated carbocycles. The van der Waals surface area contributed by atoms with Crippen LogP contribution in [0.15, 0.2) is 17.3 Å². The Balaban J connectivity index is 2.18. The van der Waals surface area contributed by atoms with Crippen LogP contribution in [0.3, 0.4) is 0 Å². The SMILES string of the molecule is NC(=O)c1cn([C@@H]2O[C@H](CO)[C@@H](O)[C@H]2O)c2nc[nH]c(=O)c12. The first-order chi connectivity index (χ1) is 10.5. The number of nitrogens with zero attached hydrogens (tertiary/aromatic N) is 2. The van der Waals surface area contributed by atoms with Gasteiger partial charge in [0.15, 0.2) is 6.23 Å². The lowest BCUT2D eigenvalue weighted by Gasteiger charge is -2.17. The van der Waals surface area contributed by atoms with Gasteiger partial charge in [0.25, 0.3) is 11.5 Å². The number of fused-ring (bicyclic) bond motifs is 1. The summed E-state index contributed by atoms with van der Waals surface area (Å²) in [5.74, 6) is -0.839. The van der Waals surface area contributed by atoms with Gasteiger partial charge in [-0.05, 0) is 0 Å². The number of rotatable bonds is 3. The van der Waals surface area contributed by atoms with E-state index in [9.17, 15) is 19.8 Å². The number of nitrogens with two attached hydrogens (primary N) is 1. The first-order valence-corrected chi connectivity index (χ1v) is 6.46. The Morgan fingerprint density at radius 2 is 2.18 bits per heavy atom. The Morgan fingerprint density at radius 1 is 1.45 bits per heavy atom. The molecule has 1 saturated heterocycles. The summed E-state index contributed by atoms with van der Waals surface area (Å²) in [4.78, 5) is 29.7. The molecule has 3 heterocycles. The number of amides is 1. The van der Waals surface area contributed by atoms with Crippen LogP contribution >= 0.6 is 0 Å². The van der Waals surface area contributed by atoms with E-state index >= 15 is 0 Å². The van der Waals surface area contributed by atoms with Crippen molar-refractivity contribution in [2.24, 2.45) is 5.73 Å². The number of aromatic nitrogens is 3. The Morgan fingerprint density at radius 3 is 2.77 bits per heavy atom. The summed E-state index contributed by atoms with van der Waals surface area (Å²) in [5.41, 5.74) is 4.68. The number of primary amides is 1. The fourth-order valence-electron chi connectivity index (χ4n) is 2.58. The quantitative estimate of drug-likeness (QED) is 0.416. The standard InChI is InChI=1S/C12H14N4O6/c13-9(20)4-1-16(10-6(4)11(21)15-3-14-10)12-8(19)7(18)5(2-17)22-12/h1,3,5,7-8,12,17-19H,2H2,(H2,13,20)(H,14,15,21)/t5-,7-,8-,12-/m1/s1. The van der Waals surface area contributed by atoms with E-state index in [-0.39, 0.29) is 16.6 Å². The van der Waals surface area contributed by atoms with Crippen LogP contribution in [-0.2, 0) is 4.74 Å². The van der Waals surface area contributed by atoms with E-state index < -0.39 is 42.6 Å². The maximum absolute atomic E-state index is 11.9. The third-order valence-corrected chi connectivity index (χ3v) is 3.67. The molecular weight excluding hydrogens is 296 g/mol. The van der Waals surface area contributed by atoms with Crippen molar-refractivity contribution in [3.63, 3.8) is 0 Å². The number of ether oxygens (including phenoxy) is 1. The largest absolute Gasteiger partial charge is 0.394 e. The minimum absolute atomic E-state index is 0.0345. The van der Waals surface area contributed by atoms with Gasteiger partial charge in [0.2, 0.25) is 0 Å². The normalized spacial score (nSPS) is 28.3. The average molecular weight is 310 g/mol. The zero-order valence-electron chi connectivity index (χ0n) is 11.2. The molecule has 118 valence electrons. The second kappa shape index (κ2) is 5.18. The maximum atomic E-state index is 11.9. The van der Waals surface area contributed by atoms with Gasteiger partial charge in [0, 0.05) is 6.20 Å². The number of aliphatic hydroxyl groups excluding tert-OH is 3. The molecule has 3 rings (SSSR count). The molecule has 1 aliphatic rings. The van der Waals surface area contributed by atoms with Gasteiger partial charge in [0.05, 0.1) is 23.9 Å². The Bertz CT molecular complexity index is 784. The second-order valence-corrected chi connectivity index (χ2v) is 4.97. The van der Waals surface area contributed by atoms with Gasteiger partial charge in [-0.3, -0.25) is 9.59 Å². The highest BCUT2D eigenvalue weighted by molar-refractivity contribution is 6.05. The Kier molecular flexibility index (Phi) is 3.45. The number of carbonyl (C=O) groups excluding carboxylic acids is 1. The smallest absolute Gasteiger partial charge is 0.261 e. The van der Waals surface area contributed by atoms with Gasteiger partial charge in [-0.2, -0.15) is 0 Å². The number of aliphatic hydroxyl groups is 3. The molecule has 1 aliphatic heterocycles. The van der Waals surface area contributed by atoms with Gasteiger partial charge in [-0.15, -0.1) is 0 Å². The van der Waals surface area contributed by atoms with Crippen molar-refractivity contribution in [1.82, 2.24) is 14.5 Å². The lowest BCUT2D eigenvalue weighted by Crippen LogP contribution is -2.33. The molecule has 1 amide bonds. The summed E-state index contributed by atoms with van der Waals surface area (Å²) in [6.07, 6.45) is -2.42. The van der Waals surface area contributed by atoms with E-state index in [1.54, 1.807) is 0 Å². The first kappa shape index (κ1) is 14.7. The molecule has 10 nitrogen and oxygen atoms in total. The van der Waals surface area contributed by atoms with Crippen LogP contribution in [0.25, 0.3) is 11.0 Å². The van der Waals surface area contributed by atoms with Crippen molar-refractivity contribution < 1.29 is 24.9 Å². The van der Waals surface area contributed by atoms with Gasteiger partial charge in [-0.1, -0.05) is 0 Å². The maximum Gasteiger partial charge on any atom is 0.261 e. The topological polar surface area (TPSA) is 164 Å². The molecule has 1 fully saturated rings. The predicted octanol–water partition coefficient (Wildman–Crippen LogP) is -2.56. The van der Waals surface area contributed by atoms with Crippen molar-refractivity contribution in [1.29, 1.82) is 0 Å². The summed E-state index contributed by atoms with van der Waals surface area (Å²) in [6, 6.07) is 0. The predicted molar refractivity (Wildman–Crippen MR) is 71.9 cm³/mol. The minimum atomic E-state index is -1.37. The van der Waals surface area contributed by atoms with Crippen molar-refractivity contribution in [2.45, 2.75) is 24.5 Å². The molecular formula is C12H14N4O6. The molecule has 0 unspecified atom stereocenters. The lowest BCUT2D eigenvalue weighted by molar-refractivity contribution is -0.0509. The molecule has 4 atom stereocenters. The molecule has 6 N–H and O–H groups in total. The first-order valence-electron chi connectivity index (χ1n) is 6.46. The fraction of sp³-hybridized carbons (Fsp3) is 0.417. The molecule has 0 aliphatic carbocycles. The molecule has 0 bridgehead atoms. The van der Waals surface area contributed by atoms with Gasteiger partial charge < -0.3 is 35.3 Å². The monoisotopic (exact) mass is 310 g/mol. The van der Waals surface area contributed by atoms with Crippen LogP contribution in [0, 0.1) is 0 Å². The fourth-order valence-corrected chi connectivity index (χ4v) is 2.58. The molecule has 0 spiro atoms. The number of hydrogen-bond donors (Lipinski definition) is 5. The molecule has 10 heteroatoms. The van der Waals surface area contributed by atoms with Crippen LogP contribution in [0.1, 0.15) is 16.6 Å². The molecule has 0 aromatic carbocycles. The number of hydrogen-bond acceptors (Lipinski definition) is 7. The second-order valence-electron chi connectivity index (χ2n) is 4.97. The number of aromatic amines is 1. The third kappa shape index (κ3) is 2.01. The average Bonchev–Trinajstić information content (AvgIpc) is 3.00. The molecule has 2 aromatic heterocycles. The summed E-state index contributed by atoms with van der Waals surface area (Å²) in [6.45, 7) is -0.495. The van der Waals surface area contributed by atoms with Crippen molar-refractivity contribution in [3.05, 3.63) is 28.4 Å². The summed E-state index contributed by atoms with van der Waals surface area (Å²) in [5, 5.41) is 28.9. The highest BCUT2D eigenvalue weighted by Crippen LogP contribution is 2.32. The van der Waals surface area contributed by atoms with Crippen LogP contribution in [0.4, 0.5) is 0 Å². The third-order valence-electron chi connectivity index (χ3n) is 3.67. The van der Waals surface area contributed by atoms with Crippen molar-refractivity contribution in [3.8, 4) is 0 Å². The number of H-pyrrole nitrogens is 1. The zero-order chi connectivity index (χ0) is 16.0. The van der Waals surface area contributed by atoms with Crippen LogP contribution in [0.2, 0.25) is 0 Å². The summed E-state index contributed by atoms with van der Waals surface area (Å²) in [7, 11) is 0. The van der Waals surface area contributed by atoms with E-state index in [0.717, 1.165) is 6.33 Å². The van der Waals surface area contributed by atoms with E-state index in [0.29, 0.717) is 0 Å². The van der Waals surface area contributed by atoms with Gasteiger partial charge >= 0.3 is 0 Å². The number of carbonyl (C=O) groups is 1. The molecule has 0 radical (unpaired) electrons. The summed E-state index contributed by atoms with van der Waals surface area (Å²) >= 11 is 0. The molecule has 22 heavy (non-hydrogen) atoms. The lowest BCUT2D eigenvalue weighted by atomic mass is 10.1. The van der Waals surface area contributed by atoms with Gasteiger partial charge in [-0.25, -0.2) is 4.98 Å². The van der Waals surface area contributed by atoms with E-state index in [1.165, 1.54) is 10.8 Å². The van der Waals surface area contributed by atoms with Crippen LogP contribution in [0.5, 0.6) is 0 Å². The Labute approximate surface area is 122 Å². The van der Waals surface area contributed by atoms with Crippen LogP contribution in [-0.4, -0.2) is 60.7 Å². The van der Waals surface area contributed by atoms with Crippen molar-refractivity contribution in [2.75, 3.05) is 6.61 Å². The Hall–Kier alpha value is -2.27. The minimum Gasteiger partial charge on any atom is -0.394 e. The van der Waals surface area contributed by atoms with Crippen molar-refractivity contribution >= 4 is 16.9 Å². The van der Waals surface area contributed by atoms with Gasteiger partial charge in [0.1, 0.15) is 24.0 Å². The van der Waals surface area contributed by atoms with E-state index in [4.69, 9.17) is 15.6 Å². The number of nitrogens with one attached hydrogen (secondary N) is 1. The highest BCUT2D eigenvalue weighted by Gasteiger charge is 2.44. The zero-order valence-corrected chi connectivity index (χ0v) is 11.2. The van der Waals surface area contributed by atoms with E-state index in [2.05, 4.69) is 9.97 Å². The van der Waals surface area contributed by atoms with E-state index in [1.807, 2.05) is 0 Å². The molecule has 2 aromatic rings. The summed E-state index contributed by atoms with van der Waals surface area (Å²) < 4.78 is 6.62.